The first-order valence-electron chi connectivity index (χ1n) is 8.15. The van der Waals surface area contributed by atoms with Gasteiger partial charge in [0.1, 0.15) is 0 Å². The van der Waals surface area contributed by atoms with Crippen LogP contribution in [0, 0.1) is 0 Å². The third-order valence-electron chi connectivity index (χ3n) is 3.80. The number of nitrogens with zero attached hydrogens (tertiary/aromatic N) is 2. The molecule has 0 saturated carbocycles. The first kappa shape index (κ1) is 17.0. The van der Waals surface area contributed by atoms with E-state index < -0.39 is 0 Å². The van der Waals surface area contributed by atoms with E-state index in [1.54, 1.807) is 9.80 Å². The van der Waals surface area contributed by atoms with Gasteiger partial charge in [-0.2, -0.15) is 0 Å². The molecule has 0 radical (unpaired) electrons. The van der Waals surface area contributed by atoms with E-state index in [0.29, 0.717) is 6.42 Å². The van der Waals surface area contributed by atoms with Crippen LogP contribution in [0.2, 0.25) is 0 Å². The highest BCUT2D eigenvalue weighted by atomic mass is 16.2. The zero-order chi connectivity index (χ0) is 16.5. The van der Waals surface area contributed by atoms with Gasteiger partial charge in [-0.25, -0.2) is 0 Å². The average molecular weight is 312 g/mol. The van der Waals surface area contributed by atoms with E-state index >= 15 is 0 Å². The number of hydrogen-bond acceptors (Lipinski definition) is 2. The zero-order valence-corrected chi connectivity index (χ0v) is 13.6. The Morgan fingerprint density at radius 3 is 1.91 bits per heavy atom. The molecule has 122 valence electrons. The Morgan fingerprint density at radius 1 is 0.870 bits per heavy atom. The summed E-state index contributed by atoms with van der Waals surface area (Å²) in [4.78, 5) is 25.7. The molecular formula is C19H24N2O2. The lowest BCUT2D eigenvalue weighted by atomic mass is 10.2. The minimum atomic E-state index is 0.234. The maximum Gasteiger partial charge on any atom is 0.226 e. The summed E-state index contributed by atoms with van der Waals surface area (Å²) in [6.07, 6.45) is 11.0. The van der Waals surface area contributed by atoms with Gasteiger partial charge in [0.05, 0.1) is 0 Å². The fourth-order valence-electron chi connectivity index (χ4n) is 2.57. The second kappa shape index (κ2) is 8.93. The molecule has 2 fully saturated rings. The maximum atomic E-state index is 11.3. The van der Waals surface area contributed by atoms with Crippen molar-refractivity contribution in [3.63, 3.8) is 0 Å². The van der Waals surface area contributed by atoms with Crippen molar-refractivity contribution in [1.82, 2.24) is 9.80 Å². The Hall–Kier alpha value is -2.36. The molecule has 1 aromatic rings. The molecule has 0 bridgehead atoms. The molecule has 2 heterocycles. The van der Waals surface area contributed by atoms with Crippen LogP contribution in [0.25, 0.3) is 6.08 Å². The minimum absolute atomic E-state index is 0.234. The summed E-state index contributed by atoms with van der Waals surface area (Å²) in [5.74, 6) is 0.491. The maximum absolute atomic E-state index is 11.3. The zero-order valence-electron chi connectivity index (χ0n) is 13.6. The van der Waals surface area contributed by atoms with Crippen LogP contribution >= 0.6 is 0 Å². The van der Waals surface area contributed by atoms with E-state index in [0.717, 1.165) is 37.9 Å². The number of benzene rings is 1. The van der Waals surface area contributed by atoms with Crippen LogP contribution in [-0.4, -0.2) is 34.7 Å². The van der Waals surface area contributed by atoms with Gasteiger partial charge in [-0.15, -0.1) is 0 Å². The molecule has 0 aliphatic carbocycles. The Bertz CT molecular complexity index is 578. The molecule has 0 aromatic heterocycles. The van der Waals surface area contributed by atoms with E-state index in [-0.39, 0.29) is 11.8 Å². The Kier molecular flexibility index (Phi) is 6.60. The highest BCUT2D eigenvalue weighted by Gasteiger charge is 2.17. The van der Waals surface area contributed by atoms with Gasteiger partial charge in [-0.3, -0.25) is 9.59 Å². The molecule has 2 amide bonds. The second-order valence-corrected chi connectivity index (χ2v) is 5.59. The molecule has 3 rings (SSSR count). The molecular weight excluding hydrogens is 288 g/mol. The van der Waals surface area contributed by atoms with Gasteiger partial charge < -0.3 is 9.80 Å². The molecule has 0 spiro atoms. The summed E-state index contributed by atoms with van der Waals surface area (Å²) < 4.78 is 0. The third kappa shape index (κ3) is 5.40. The van der Waals surface area contributed by atoms with Crippen molar-refractivity contribution in [3.05, 3.63) is 54.4 Å². The largest absolute Gasteiger partial charge is 0.319 e. The standard InChI is InChI=1S/C12H13NO.C7H11NO/c14-12-7-4-9-13(12)10-8-11-5-2-1-3-6-11;1-2-5-8-6-3-4-7(8)9/h1-3,5-6,8,10H,4,7,9H2;2,5H,3-4,6H2,1H3/b10-8+;5-2+. The SMILES string of the molecule is C/C=C/N1CCCC1=O.O=C1CCCN1/C=C/c1ccccc1. The van der Waals surface area contributed by atoms with E-state index in [2.05, 4.69) is 0 Å². The van der Waals surface area contributed by atoms with E-state index in [1.807, 2.05) is 61.8 Å². The van der Waals surface area contributed by atoms with Crippen LogP contribution in [0.5, 0.6) is 0 Å². The van der Waals surface area contributed by atoms with E-state index in [1.165, 1.54) is 0 Å². The van der Waals surface area contributed by atoms with Crippen molar-refractivity contribution in [3.8, 4) is 0 Å². The predicted octanol–water partition coefficient (Wildman–Crippen LogP) is 3.42. The molecule has 2 aliphatic heterocycles. The summed E-state index contributed by atoms with van der Waals surface area (Å²) >= 11 is 0. The van der Waals surface area contributed by atoms with Crippen molar-refractivity contribution in [1.29, 1.82) is 0 Å². The molecule has 0 atom stereocenters. The Labute approximate surface area is 138 Å². The first-order chi connectivity index (χ1) is 11.2. The highest BCUT2D eigenvalue weighted by Crippen LogP contribution is 2.11. The lowest BCUT2D eigenvalue weighted by Gasteiger charge is -2.07. The highest BCUT2D eigenvalue weighted by molar-refractivity contribution is 5.80. The fourth-order valence-corrected chi connectivity index (χ4v) is 2.57. The van der Waals surface area contributed by atoms with Gasteiger partial charge in [0.2, 0.25) is 11.8 Å². The van der Waals surface area contributed by atoms with Crippen LogP contribution in [0.4, 0.5) is 0 Å². The summed E-state index contributed by atoms with van der Waals surface area (Å²) in [5, 5.41) is 0. The summed E-state index contributed by atoms with van der Waals surface area (Å²) in [6, 6.07) is 10.0. The van der Waals surface area contributed by atoms with E-state index in [4.69, 9.17) is 0 Å². The van der Waals surface area contributed by atoms with Crippen molar-refractivity contribution in [2.45, 2.75) is 32.6 Å². The number of hydrogen-bond donors (Lipinski definition) is 0. The molecule has 0 N–H and O–H groups in total. The molecule has 2 aliphatic rings. The lowest BCUT2D eigenvalue weighted by molar-refractivity contribution is -0.126. The summed E-state index contributed by atoms with van der Waals surface area (Å²) in [6.45, 7) is 3.69. The lowest BCUT2D eigenvalue weighted by Crippen LogP contribution is -2.16. The van der Waals surface area contributed by atoms with Crippen molar-refractivity contribution in [2.24, 2.45) is 0 Å². The quantitative estimate of drug-likeness (QED) is 0.858. The topological polar surface area (TPSA) is 40.6 Å². The normalized spacial score (nSPS) is 18.1. The number of likely N-dealkylation sites (tertiary alicyclic amines) is 2. The Morgan fingerprint density at radius 2 is 1.43 bits per heavy atom. The molecule has 0 unspecified atom stereocenters. The molecule has 23 heavy (non-hydrogen) atoms. The number of rotatable bonds is 3. The monoisotopic (exact) mass is 312 g/mol. The Balaban J connectivity index is 0.000000185. The predicted molar refractivity (Wildman–Crippen MR) is 92.2 cm³/mol. The van der Waals surface area contributed by atoms with Crippen LogP contribution in [-0.2, 0) is 9.59 Å². The van der Waals surface area contributed by atoms with Gasteiger partial charge in [0.25, 0.3) is 0 Å². The van der Waals surface area contributed by atoms with Crippen molar-refractivity contribution >= 4 is 17.9 Å². The number of carbonyl (C=O) groups excluding carboxylic acids is 2. The second-order valence-electron chi connectivity index (χ2n) is 5.59. The molecule has 1 aromatic carbocycles. The minimum Gasteiger partial charge on any atom is -0.319 e. The summed E-state index contributed by atoms with van der Waals surface area (Å²) in [7, 11) is 0. The molecule has 4 heteroatoms. The van der Waals surface area contributed by atoms with Gasteiger partial charge in [0, 0.05) is 38.3 Å². The smallest absolute Gasteiger partial charge is 0.226 e. The van der Waals surface area contributed by atoms with Crippen molar-refractivity contribution in [2.75, 3.05) is 13.1 Å². The van der Waals surface area contributed by atoms with Gasteiger partial charge in [-0.05, 0) is 31.4 Å². The molecule has 4 nitrogen and oxygen atoms in total. The number of amides is 2. The number of allylic oxidation sites excluding steroid dienone is 1. The van der Waals surface area contributed by atoms with Crippen LogP contribution in [0.15, 0.2) is 48.8 Å². The van der Waals surface area contributed by atoms with Crippen LogP contribution in [0.1, 0.15) is 38.2 Å². The fraction of sp³-hybridized carbons (Fsp3) is 0.368. The first-order valence-corrected chi connectivity index (χ1v) is 8.15. The van der Waals surface area contributed by atoms with Crippen LogP contribution < -0.4 is 0 Å². The van der Waals surface area contributed by atoms with Crippen molar-refractivity contribution < 1.29 is 9.59 Å². The van der Waals surface area contributed by atoms with Crippen LogP contribution in [0.3, 0.4) is 0 Å². The summed E-state index contributed by atoms with van der Waals surface area (Å²) in [5.41, 5.74) is 1.13. The van der Waals surface area contributed by atoms with Gasteiger partial charge in [-0.1, -0.05) is 36.4 Å². The van der Waals surface area contributed by atoms with E-state index in [9.17, 15) is 9.59 Å². The number of carbonyl (C=O) groups is 2. The van der Waals surface area contributed by atoms with Gasteiger partial charge in [0.15, 0.2) is 0 Å². The molecule has 2 saturated heterocycles. The van der Waals surface area contributed by atoms with Gasteiger partial charge >= 0.3 is 0 Å². The third-order valence-corrected chi connectivity index (χ3v) is 3.80. The average Bonchev–Trinajstić information content (AvgIpc) is 3.16.